The van der Waals surface area contributed by atoms with Gasteiger partial charge in [0.15, 0.2) is 5.96 Å². The number of nitrogens with one attached hydrogen (secondary N) is 8. The normalized spacial score (nSPS) is 20.6. The Morgan fingerprint density at radius 2 is 1.32 bits per heavy atom. The maximum absolute atomic E-state index is 14.5. The lowest BCUT2D eigenvalue weighted by molar-refractivity contribution is -0.134. The number of hydrogen-bond acceptors (Lipinski definition) is 10. The van der Waals surface area contributed by atoms with Crippen molar-refractivity contribution in [3.05, 3.63) is 120 Å². The van der Waals surface area contributed by atoms with Gasteiger partial charge in [0.1, 0.15) is 41.6 Å². The van der Waals surface area contributed by atoms with Gasteiger partial charge in [-0.25, -0.2) is 9.97 Å². The zero-order valence-corrected chi connectivity index (χ0v) is 36.0. The quantitative estimate of drug-likeness (QED) is 0.0456. The number of nitrogens with zero attached hydrogens (tertiary/aromatic N) is 3. The minimum absolute atomic E-state index is 0.00714. The average Bonchev–Trinajstić information content (AvgIpc) is 3.98. The number of carbonyl (C=O) groups is 7. The van der Waals surface area contributed by atoms with Crippen LogP contribution < -0.4 is 49.1 Å². The van der Waals surface area contributed by atoms with E-state index in [2.05, 4.69) is 56.8 Å². The van der Waals surface area contributed by atoms with Crippen LogP contribution in [0.1, 0.15) is 69.9 Å². The van der Waals surface area contributed by atoms with Gasteiger partial charge in [0.05, 0.1) is 6.33 Å². The Labute approximate surface area is 379 Å². The molecule has 0 aliphatic carbocycles. The summed E-state index contributed by atoms with van der Waals surface area (Å²) in [6.45, 7) is 0.255. The first-order valence-electron chi connectivity index (χ1n) is 21.5. The Balaban J connectivity index is 1.36. The van der Waals surface area contributed by atoms with E-state index < -0.39 is 71.6 Å². The lowest BCUT2D eigenvalue weighted by Crippen LogP contribution is -2.60. The standard InChI is InChI=1S/C45H54N14O7/c46-38(60)31-14-6-7-18-50-39(61)32-15-8-16-33(54-32)40(62)59-37(22-28-24-49-25-53-28)44(66)57-35(20-26-10-2-1-3-11-26)42(64)56-34(17-9-19-51-45(47)48)41(63)58-36(43(65)55-31)21-27-23-52-30-13-5-4-12-29(27)30/h1-5,8,10-13,15-16,23-25,31,34-37,52H,6-7,9,14,17-22H2,(H2,46,60)(H,49,53)(H,50,61)(H,55,65)(H,56,64)(H,57,66)(H,58,63)(H,59,62)(H4,47,48,51)/t31-,34-,35+,36-,37-/m0/s1. The first-order chi connectivity index (χ1) is 31.8. The zero-order valence-electron chi connectivity index (χ0n) is 36.0. The molecule has 1 aliphatic rings. The maximum atomic E-state index is 14.5. The van der Waals surface area contributed by atoms with Crippen LogP contribution in [0, 0.1) is 0 Å². The highest BCUT2D eigenvalue weighted by Gasteiger charge is 2.33. The number of aliphatic imine (C=N–C) groups is 1. The molecule has 0 spiro atoms. The molecule has 0 unspecified atom stereocenters. The smallest absolute Gasteiger partial charge is 0.270 e. The van der Waals surface area contributed by atoms with Crippen molar-refractivity contribution in [3.63, 3.8) is 0 Å². The highest BCUT2D eigenvalue weighted by molar-refractivity contribution is 6.00. The molecule has 1 aliphatic heterocycles. The summed E-state index contributed by atoms with van der Waals surface area (Å²) in [5, 5.41) is 17.3. The Hall–Kier alpha value is -8.10. The monoisotopic (exact) mass is 902 g/mol. The first kappa shape index (κ1) is 47.4. The van der Waals surface area contributed by atoms with E-state index >= 15 is 0 Å². The van der Waals surface area contributed by atoms with Gasteiger partial charge in [0.25, 0.3) is 11.8 Å². The van der Waals surface area contributed by atoms with E-state index in [-0.39, 0.29) is 69.0 Å². The Bertz CT molecular complexity index is 2520. The molecule has 14 N–H and O–H groups in total. The molecule has 0 saturated heterocycles. The predicted molar refractivity (Wildman–Crippen MR) is 243 cm³/mol. The van der Waals surface area contributed by atoms with Gasteiger partial charge < -0.3 is 59.1 Å². The molecule has 21 heteroatoms. The van der Waals surface area contributed by atoms with Crippen LogP contribution in [0.25, 0.3) is 10.9 Å². The van der Waals surface area contributed by atoms with Crippen molar-refractivity contribution in [2.45, 2.75) is 81.6 Å². The number of hydrogen-bond donors (Lipinski definition) is 11. The van der Waals surface area contributed by atoms with E-state index in [1.165, 1.54) is 30.7 Å². The Morgan fingerprint density at radius 1 is 0.667 bits per heavy atom. The number of H-pyrrole nitrogens is 2. The Morgan fingerprint density at radius 3 is 2.03 bits per heavy atom. The van der Waals surface area contributed by atoms with Crippen LogP contribution in [0.5, 0.6) is 0 Å². The van der Waals surface area contributed by atoms with Gasteiger partial charge in [-0.1, -0.05) is 54.6 Å². The molecule has 21 nitrogen and oxygen atoms in total. The summed E-state index contributed by atoms with van der Waals surface area (Å²) in [5.41, 5.74) is 19.3. The molecule has 2 bridgehead atoms. The number of guanidine groups is 1. The Kier molecular flexibility index (Phi) is 16.5. The number of aromatic amines is 2. The van der Waals surface area contributed by atoms with Crippen LogP contribution in [0.2, 0.25) is 0 Å². The van der Waals surface area contributed by atoms with Crippen molar-refractivity contribution < 1.29 is 33.6 Å². The number of amides is 7. The molecule has 5 atom stereocenters. The summed E-state index contributed by atoms with van der Waals surface area (Å²) in [5.74, 6) is -5.32. The van der Waals surface area contributed by atoms with Gasteiger partial charge in [-0.3, -0.25) is 38.6 Å². The van der Waals surface area contributed by atoms with E-state index in [0.717, 1.165) is 10.9 Å². The third-order valence-electron chi connectivity index (χ3n) is 10.9. The molecule has 5 aromatic rings. The van der Waals surface area contributed by atoms with E-state index in [4.69, 9.17) is 17.2 Å². The number of fused-ring (bicyclic) bond motifs is 3. The summed E-state index contributed by atoms with van der Waals surface area (Å²) in [7, 11) is 0. The number of para-hydroxylation sites is 1. The van der Waals surface area contributed by atoms with Crippen molar-refractivity contribution >= 4 is 58.2 Å². The van der Waals surface area contributed by atoms with Gasteiger partial charge in [0.2, 0.25) is 29.5 Å². The number of imidazole rings is 1. The predicted octanol–water partition coefficient (Wildman–Crippen LogP) is -0.496. The number of carbonyl (C=O) groups excluding carboxylic acids is 7. The topological polar surface area (TPSA) is 339 Å². The van der Waals surface area contributed by atoms with E-state index in [1.54, 1.807) is 36.5 Å². The van der Waals surface area contributed by atoms with Crippen LogP contribution in [-0.2, 0) is 43.2 Å². The van der Waals surface area contributed by atoms with E-state index in [9.17, 15) is 33.6 Å². The van der Waals surface area contributed by atoms with Crippen molar-refractivity contribution in [2.75, 3.05) is 13.1 Å². The molecule has 4 heterocycles. The number of pyridine rings is 1. The average molecular weight is 903 g/mol. The second-order valence-corrected chi connectivity index (χ2v) is 15.8. The number of primary amides is 1. The number of rotatable bonds is 11. The molecular formula is C45H54N14O7. The molecular weight excluding hydrogens is 849 g/mol. The summed E-state index contributed by atoms with van der Waals surface area (Å²) in [4.78, 5) is 115. The molecule has 66 heavy (non-hydrogen) atoms. The largest absolute Gasteiger partial charge is 0.370 e. The molecule has 2 aromatic carbocycles. The number of benzene rings is 2. The molecule has 0 fully saturated rings. The first-order valence-corrected chi connectivity index (χ1v) is 21.5. The van der Waals surface area contributed by atoms with Gasteiger partial charge in [0, 0.05) is 61.3 Å². The van der Waals surface area contributed by atoms with Gasteiger partial charge in [-0.15, -0.1) is 0 Å². The fraction of sp³-hybridized carbons (Fsp3) is 0.333. The molecule has 3 aromatic heterocycles. The van der Waals surface area contributed by atoms with E-state index in [1.807, 2.05) is 24.3 Å². The summed E-state index contributed by atoms with van der Waals surface area (Å²) >= 11 is 0. The van der Waals surface area contributed by atoms with Crippen LogP contribution in [0.15, 0.2) is 96.5 Å². The third-order valence-corrected chi connectivity index (χ3v) is 10.9. The summed E-state index contributed by atoms with van der Waals surface area (Å²) in [6.07, 6.45) is 5.49. The summed E-state index contributed by atoms with van der Waals surface area (Å²) < 4.78 is 0. The van der Waals surface area contributed by atoms with Gasteiger partial charge in [-0.05, 0) is 61.4 Å². The number of aromatic nitrogens is 4. The van der Waals surface area contributed by atoms with Crippen LogP contribution in [-0.4, -0.2) is 111 Å². The van der Waals surface area contributed by atoms with Crippen LogP contribution in [0.3, 0.4) is 0 Å². The highest BCUT2D eigenvalue weighted by atomic mass is 16.2. The summed E-state index contributed by atoms with van der Waals surface area (Å²) in [6, 6.07) is 14.2. The second kappa shape index (κ2) is 23.0. The van der Waals surface area contributed by atoms with Gasteiger partial charge in [-0.2, -0.15) is 0 Å². The van der Waals surface area contributed by atoms with Crippen LogP contribution in [0.4, 0.5) is 0 Å². The second-order valence-electron chi connectivity index (χ2n) is 15.8. The highest BCUT2D eigenvalue weighted by Crippen LogP contribution is 2.20. The lowest BCUT2D eigenvalue weighted by Gasteiger charge is -2.27. The molecule has 346 valence electrons. The van der Waals surface area contributed by atoms with Gasteiger partial charge >= 0.3 is 0 Å². The van der Waals surface area contributed by atoms with Crippen LogP contribution >= 0.6 is 0 Å². The minimum atomic E-state index is -1.31. The third kappa shape index (κ3) is 13.5. The van der Waals surface area contributed by atoms with E-state index in [0.29, 0.717) is 29.7 Å². The molecule has 0 radical (unpaired) electrons. The molecule has 7 amide bonds. The van der Waals surface area contributed by atoms with Crippen molar-refractivity contribution in [3.8, 4) is 0 Å². The van der Waals surface area contributed by atoms with Crippen molar-refractivity contribution in [1.29, 1.82) is 0 Å². The maximum Gasteiger partial charge on any atom is 0.270 e. The lowest BCUT2D eigenvalue weighted by atomic mass is 10.0. The fourth-order valence-electron chi connectivity index (χ4n) is 7.45. The van der Waals surface area contributed by atoms with Crippen molar-refractivity contribution in [1.82, 2.24) is 51.8 Å². The fourth-order valence-corrected chi connectivity index (χ4v) is 7.45. The SMILES string of the molecule is NC(=O)[C@@H]1CCCCNC(=O)c2cccc(n2)C(=O)N[C@@H](Cc2cnc[nH]2)C(=O)N[C@H](Cc2ccccc2)C(=O)N[C@@H](CCCN=C(N)N)C(=O)N[C@@H](Cc2c[nH]c3ccccc23)C(=O)N1. The number of nitrogens with two attached hydrogens (primary N) is 3. The van der Waals surface area contributed by atoms with Crippen molar-refractivity contribution in [2.24, 2.45) is 22.2 Å². The molecule has 6 rings (SSSR count). The zero-order chi connectivity index (χ0) is 47.0. The minimum Gasteiger partial charge on any atom is -0.370 e. The molecule has 0 saturated carbocycles.